The van der Waals surface area contributed by atoms with Crippen molar-refractivity contribution in [3.63, 3.8) is 0 Å². The van der Waals surface area contributed by atoms with E-state index in [0.29, 0.717) is 31.3 Å². The number of amides is 3. The lowest BCUT2D eigenvalue weighted by Crippen LogP contribution is -2.51. The van der Waals surface area contributed by atoms with Crippen molar-refractivity contribution >= 4 is 29.2 Å². The summed E-state index contributed by atoms with van der Waals surface area (Å²) in [5.74, 6) is -0.136. The number of nitrogens with zero attached hydrogens (tertiary/aromatic N) is 3. The minimum atomic E-state index is -0.404. The largest absolute Gasteiger partial charge is 0.378 e. The second kappa shape index (κ2) is 7.81. The molecule has 0 bridgehead atoms. The van der Waals surface area contributed by atoms with Gasteiger partial charge in [0, 0.05) is 36.4 Å². The van der Waals surface area contributed by atoms with Crippen molar-refractivity contribution in [3.8, 4) is 0 Å². The highest BCUT2D eigenvalue weighted by molar-refractivity contribution is 6.30. The maximum absolute atomic E-state index is 13.4. The Morgan fingerprint density at radius 3 is 2.54 bits per heavy atom. The summed E-state index contributed by atoms with van der Waals surface area (Å²) in [6, 6.07) is 14.7. The summed E-state index contributed by atoms with van der Waals surface area (Å²) in [5, 5.41) is 0.571. The summed E-state index contributed by atoms with van der Waals surface area (Å²) in [4.78, 5) is 31.3. The third-order valence-electron chi connectivity index (χ3n) is 5.28. The maximum atomic E-state index is 13.4. The van der Waals surface area contributed by atoms with E-state index in [9.17, 15) is 9.59 Å². The van der Waals surface area contributed by atoms with Crippen LogP contribution in [0.25, 0.3) is 0 Å². The van der Waals surface area contributed by atoms with Crippen molar-refractivity contribution in [2.45, 2.75) is 6.04 Å². The molecule has 6 nitrogen and oxygen atoms in total. The molecule has 3 amide bonds. The Morgan fingerprint density at radius 1 is 1.11 bits per heavy atom. The number of halogens is 1. The zero-order valence-corrected chi connectivity index (χ0v) is 16.4. The average molecular weight is 400 g/mol. The molecule has 1 fully saturated rings. The normalized spacial score (nSPS) is 20.0. The van der Waals surface area contributed by atoms with Gasteiger partial charge in [0.25, 0.3) is 0 Å². The zero-order valence-electron chi connectivity index (χ0n) is 15.7. The number of urea groups is 1. The molecule has 0 spiro atoms. The Labute approximate surface area is 169 Å². The van der Waals surface area contributed by atoms with Gasteiger partial charge in [-0.2, -0.15) is 0 Å². The fourth-order valence-corrected chi connectivity index (χ4v) is 3.98. The third kappa shape index (κ3) is 3.45. The molecular formula is C21H22ClN3O3. The van der Waals surface area contributed by atoms with E-state index >= 15 is 0 Å². The SMILES string of the molecule is CN1C(=O)CN(C(=O)N2CCOCC2)C(c2ccccc2)c2cc(Cl)ccc21. The molecule has 1 atom stereocenters. The van der Waals surface area contributed by atoms with Crippen LogP contribution in [0.3, 0.4) is 0 Å². The summed E-state index contributed by atoms with van der Waals surface area (Å²) in [6.45, 7) is 2.04. The number of fused-ring (bicyclic) bond motifs is 1. The molecule has 2 aromatic carbocycles. The number of likely N-dealkylation sites (N-methyl/N-ethyl adjacent to an activating group) is 1. The van der Waals surface area contributed by atoms with Crippen molar-refractivity contribution in [2.24, 2.45) is 0 Å². The van der Waals surface area contributed by atoms with Crippen LogP contribution in [-0.2, 0) is 9.53 Å². The smallest absolute Gasteiger partial charge is 0.321 e. The van der Waals surface area contributed by atoms with Crippen LogP contribution < -0.4 is 4.90 Å². The van der Waals surface area contributed by atoms with Gasteiger partial charge in [0.1, 0.15) is 6.54 Å². The lowest BCUT2D eigenvalue weighted by molar-refractivity contribution is -0.119. The van der Waals surface area contributed by atoms with Gasteiger partial charge in [0.15, 0.2) is 0 Å². The van der Waals surface area contributed by atoms with Crippen LogP contribution in [0.4, 0.5) is 10.5 Å². The molecule has 4 rings (SSSR count). The lowest BCUT2D eigenvalue weighted by Gasteiger charge is -2.36. The Bertz CT molecular complexity index is 884. The van der Waals surface area contributed by atoms with Gasteiger partial charge in [-0.15, -0.1) is 0 Å². The Balaban J connectivity index is 1.85. The van der Waals surface area contributed by atoms with Crippen molar-refractivity contribution < 1.29 is 14.3 Å². The number of rotatable bonds is 1. The van der Waals surface area contributed by atoms with Crippen LogP contribution in [-0.4, -0.2) is 61.6 Å². The van der Waals surface area contributed by atoms with Crippen LogP contribution in [0.2, 0.25) is 5.02 Å². The quantitative estimate of drug-likeness (QED) is 0.740. The third-order valence-corrected chi connectivity index (χ3v) is 5.51. The molecule has 2 heterocycles. The summed E-state index contributed by atoms with van der Waals surface area (Å²) in [5.41, 5.74) is 2.55. The molecule has 2 aromatic rings. The summed E-state index contributed by atoms with van der Waals surface area (Å²) in [7, 11) is 1.74. The van der Waals surface area contributed by atoms with Crippen molar-refractivity contribution in [1.82, 2.24) is 9.80 Å². The van der Waals surface area contributed by atoms with Crippen LogP contribution in [0.5, 0.6) is 0 Å². The first-order chi connectivity index (χ1) is 13.6. The number of anilines is 1. The standard InChI is InChI=1S/C21H22ClN3O3/c1-23-18-8-7-16(22)13-17(18)20(15-5-3-2-4-6-15)25(14-19(23)26)21(27)24-9-11-28-12-10-24/h2-8,13,20H,9-12,14H2,1H3. The Morgan fingerprint density at radius 2 is 1.82 bits per heavy atom. The molecule has 2 aliphatic heterocycles. The number of benzene rings is 2. The molecule has 1 unspecified atom stereocenters. The molecule has 7 heteroatoms. The van der Waals surface area contributed by atoms with Crippen LogP contribution >= 0.6 is 11.6 Å². The molecule has 146 valence electrons. The highest BCUT2D eigenvalue weighted by Crippen LogP contribution is 2.39. The van der Waals surface area contributed by atoms with Crippen LogP contribution in [0.15, 0.2) is 48.5 Å². The molecular weight excluding hydrogens is 378 g/mol. The molecule has 0 N–H and O–H groups in total. The van der Waals surface area contributed by atoms with Gasteiger partial charge in [0.2, 0.25) is 5.91 Å². The van der Waals surface area contributed by atoms with Gasteiger partial charge in [0.05, 0.1) is 19.3 Å². The lowest BCUT2D eigenvalue weighted by atomic mass is 9.96. The number of hydrogen-bond acceptors (Lipinski definition) is 3. The zero-order chi connectivity index (χ0) is 19.7. The van der Waals surface area contributed by atoms with Gasteiger partial charge in [-0.05, 0) is 23.8 Å². The Hall–Kier alpha value is -2.57. The minimum Gasteiger partial charge on any atom is -0.378 e. The van der Waals surface area contributed by atoms with Crippen LogP contribution in [0.1, 0.15) is 17.2 Å². The van der Waals surface area contributed by atoms with E-state index in [0.717, 1.165) is 16.8 Å². The summed E-state index contributed by atoms with van der Waals surface area (Å²) >= 11 is 6.31. The first-order valence-electron chi connectivity index (χ1n) is 9.30. The maximum Gasteiger partial charge on any atom is 0.321 e. The number of carbonyl (C=O) groups is 2. The molecule has 0 radical (unpaired) electrons. The van der Waals surface area contributed by atoms with Crippen molar-refractivity contribution in [2.75, 3.05) is 44.8 Å². The van der Waals surface area contributed by atoms with E-state index in [4.69, 9.17) is 16.3 Å². The topological polar surface area (TPSA) is 53.1 Å². The molecule has 2 aliphatic rings. The predicted molar refractivity (Wildman–Crippen MR) is 108 cm³/mol. The Kier molecular flexibility index (Phi) is 5.24. The second-order valence-corrected chi connectivity index (χ2v) is 7.42. The number of carbonyl (C=O) groups excluding carboxylic acids is 2. The summed E-state index contributed by atoms with van der Waals surface area (Å²) < 4.78 is 5.38. The number of hydrogen-bond donors (Lipinski definition) is 0. The minimum absolute atomic E-state index is 0.00144. The van der Waals surface area contributed by atoms with Crippen molar-refractivity contribution in [1.29, 1.82) is 0 Å². The van der Waals surface area contributed by atoms with Gasteiger partial charge in [-0.1, -0.05) is 41.9 Å². The number of ether oxygens (including phenoxy) is 1. The van der Waals surface area contributed by atoms with E-state index in [-0.39, 0.29) is 18.5 Å². The van der Waals surface area contributed by atoms with Crippen LogP contribution in [0, 0.1) is 0 Å². The van der Waals surface area contributed by atoms with Gasteiger partial charge >= 0.3 is 6.03 Å². The van der Waals surface area contributed by atoms with Gasteiger partial charge < -0.3 is 19.4 Å². The van der Waals surface area contributed by atoms with E-state index in [1.54, 1.807) is 27.8 Å². The highest BCUT2D eigenvalue weighted by Gasteiger charge is 2.37. The van der Waals surface area contributed by atoms with E-state index in [2.05, 4.69) is 0 Å². The van der Waals surface area contributed by atoms with E-state index in [1.165, 1.54) is 0 Å². The van der Waals surface area contributed by atoms with Gasteiger partial charge in [-0.3, -0.25) is 4.79 Å². The fraction of sp³-hybridized carbons (Fsp3) is 0.333. The number of morpholine rings is 1. The first kappa shape index (κ1) is 18.8. The molecule has 0 aliphatic carbocycles. The highest BCUT2D eigenvalue weighted by atomic mass is 35.5. The summed E-state index contributed by atoms with van der Waals surface area (Å²) in [6.07, 6.45) is 0. The van der Waals surface area contributed by atoms with Gasteiger partial charge in [-0.25, -0.2) is 4.79 Å². The predicted octanol–water partition coefficient (Wildman–Crippen LogP) is 3.16. The molecule has 0 saturated carbocycles. The monoisotopic (exact) mass is 399 g/mol. The molecule has 0 aromatic heterocycles. The van der Waals surface area contributed by atoms with E-state index in [1.807, 2.05) is 42.5 Å². The average Bonchev–Trinajstić information content (AvgIpc) is 2.83. The van der Waals surface area contributed by atoms with E-state index < -0.39 is 6.04 Å². The first-order valence-corrected chi connectivity index (χ1v) is 9.68. The van der Waals surface area contributed by atoms with Crippen molar-refractivity contribution in [3.05, 3.63) is 64.7 Å². The fourth-order valence-electron chi connectivity index (χ4n) is 3.80. The second-order valence-electron chi connectivity index (χ2n) is 6.98. The molecule has 28 heavy (non-hydrogen) atoms. The molecule has 1 saturated heterocycles.